The number of aromatic nitrogens is 1. The molecule has 1 heterocycles. The molecule has 1 aromatic heterocycles. The van der Waals surface area contributed by atoms with Gasteiger partial charge in [0.15, 0.2) is 6.20 Å². The molecule has 0 saturated carbocycles. The zero-order chi connectivity index (χ0) is 20.9. The first-order valence-electron chi connectivity index (χ1n) is 8.96. The summed E-state index contributed by atoms with van der Waals surface area (Å²) in [4.78, 5) is 0. The second kappa shape index (κ2) is 6.55. The standard InChI is InChI=1S/C19H24F4NSi/c1-12-7-14(10-19(21,22)23)16(20)9-15(12)17-8-13(2)18(11-24(17)3)25(4,5)6/h7-9,11H,10H2,1-6H3/q+1/i10D2. The van der Waals surface area contributed by atoms with Gasteiger partial charge in [-0.3, -0.25) is 0 Å². The van der Waals surface area contributed by atoms with Crippen LogP contribution >= 0.6 is 0 Å². The van der Waals surface area contributed by atoms with Crippen molar-refractivity contribution in [2.45, 2.75) is 46.0 Å². The molecule has 25 heavy (non-hydrogen) atoms. The highest BCUT2D eigenvalue weighted by atomic mass is 28.3. The summed E-state index contributed by atoms with van der Waals surface area (Å²) in [5.74, 6) is -1.20. The molecule has 0 aliphatic rings. The molecular weight excluding hydrogens is 346 g/mol. The van der Waals surface area contributed by atoms with E-state index < -0.39 is 32.0 Å². The maximum atomic E-state index is 14.5. The van der Waals surface area contributed by atoms with Crippen LogP contribution in [0.4, 0.5) is 17.6 Å². The lowest BCUT2D eigenvalue weighted by Gasteiger charge is -2.19. The van der Waals surface area contributed by atoms with Gasteiger partial charge in [0, 0.05) is 14.0 Å². The number of hydrogen-bond donors (Lipinski definition) is 0. The summed E-state index contributed by atoms with van der Waals surface area (Å²) < 4.78 is 69.9. The molecule has 0 aliphatic carbocycles. The Kier molecular flexibility index (Phi) is 4.39. The van der Waals surface area contributed by atoms with Crippen molar-refractivity contribution in [2.24, 2.45) is 7.05 Å². The van der Waals surface area contributed by atoms with Crippen LogP contribution < -0.4 is 9.75 Å². The van der Waals surface area contributed by atoms with E-state index in [1.54, 1.807) is 6.92 Å². The summed E-state index contributed by atoms with van der Waals surface area (Å²) in [6.45, 7) is 10.2. The molecule has 6 heteroatoms. The van der Waals surface area contributed by atoms with Gasteiger partial charge in [0.05, 0.1) is 20.0 Å². The van der Waals surface area contributed by atoms with Gasteiger partial charge in [0.1, 0.15) is 12.9 Å². The molecule has 1 aromatic carbocycles. The van der Waals surface area contributed by atoms with E-state index in [0.717, 1.165) is 17.7 Å². The van der Waals surface area contributed by atoms with Gasteiger partial charge in [-0.25, -0.2) is 8.96 Å². The van der Waals surface area contributed by atoms with Crippen molar-refractivity contribution >= 4 is 13.3 Å². The van der Waals surface area contributed by atoms with Gasteiger partial charge in [-0.1, -0.05) is 25.7 Å². The Hall–Kier alpha value is -1.69. The minimum absolute atomic E-state index is 0.385. The van der Waals surface area contributed by atoms with Crippen LogP contribution in [-0.4, -0.2) is 14.3 Å². The van der Waals surface area contributed by atoms with Crippen LogP contribution in [0.1, 0.15) is 19.4 Å². The molecule has 0 N–H and O–H groups in total. The molecule has 0 aliphatic heterocycles. The lowest BCUT2D eigenvalue weighted by Crippen LogP contribution is -2.46. The zero-order valence-electron chi connectivity index (χ0n) is 17.3. The molecule has 2 aromatic rings. The molecule has 0 fully saturated rings. The zero-order valence-corrected chi connectivity index (χ0v) is 16.3. The maximum absolute atomic E-state index is 14.5. The van der Waals surface area contributed by atoms with Crippen molar-refractivity contribution in [3.63, 3.8) is 0 Å². The fourth-order valence-electron chi connectivity index (χ4n) is 3.01. The van der Waals surface area contributed by atoms with E-state index in [4.69, 9.17) is 2.74 Å². The Labute approximate surface area is 150 Å². The maximum Gasteiger partial charge on any atom is 0.393 e. The number of hydrogen-bond acceptors (Lipinski definition) is 0. The normalized spacial score (nSPS) is 14.3. The van der Waals surface area contributed by atoms with Crippen LogP contribution in [0.2, 0.25) is 19.6 Å². The van der Waals surface area contributed by atoms with Gasteiger partial charge < -0.3 is 0 Å². The third kappa shape index (κ3) is 4.48. The Morgan fingerprint density at radius 3 is 2.20 bits per heavy atom. The fourth-order valence-corrected chi connectivity index (χ4v) is 4.84. The second-order valence-electron chi connectivity index (χ2n) is 7.39. The van der Waals surface area contributed by atoms with Crippen LogP contribution in [0.15, 0.2) is 24.4 Å². The predicted molar refractivity (Wildman–Crippen MR) is 95.2 cm³/mol. The van der Waals surface area contributed by atoms with Crippen molar-refractivity contribution in [3.8, 4) is 11.3 Å². The third-order valence-corrected chi connectivity index (χ3v) is 6.29. The predicted octanol–water partition coefficient (Wildman–Crippen LogP) is 4.58. The summed E-state index contributed by atoms with van der Waals surface area (Å²) in [5, 5.41) is 1.25. The van der Waals surface area contributed by atoms with E-state index in [-0.39, 0.29) is 0 Å². The highest BCUT2D eigenvalue weighted by molar-refractivity contribution is 6.88. The Morgan fingerprint density at radius 2 is 1.68 bits per heavy atom. The molecule has 0 amide bonds. The van der Waals surface area contributed by atoms with E-state index >= 15 is 0 Å². The molecule has 136 valence electrons. The van der Waals surface area contributed by atoms with Crippen LogP contribution in [0.3, 0.4) is 0 Å². The summed E-state index contributed by atoms with van der Waals surface area (Å²) >= 11 is 0. The molecule has 0 atom stereocenters. The van der Waals surface area contributed by atoms with Crippen molar-refractivity contribution in [1.29, 1.82) is 0 Å². The molecule has 0 bridgehead atoms. The highest BCUT2D eigenvalue weighted by Gasteiger charge is 2.30. The molecule has 2 rings (SSSR count). The van der Waals surface area contributed by atoms with E-state index in [0.29, 0.717) is 16.8 Å². The number of benzene rings is 1. The SMILES string of the molecule is [2H]C([2H])(c1cc(C)c(-c2cc(C)c([Si](C)(C)C)c[n+]2C)cc1F)C(F)(F)F. The quantitative estimate of drug-likeness (QED) is 0.422. The van der Waals surface area contributed by atoms with Crippen LogP contribution in [0.25, 0.3) is 11.3 Å². The van der Waals surface area contributed by atoms with Crippen molar-refractivity contribution < 1.29 is 24.9 Å². The van der Waals surface area contributed by atoms with Gasteiger partial charge in [-0.2, -0.15) is 13.2 Å². The average Bonchev–Trinajstić information content (AvgIpc) is 2.48. The summed E-state index contributed by atoms with van der Waals surface area (Å²) in [7, 11) is 0.236. The third-order valence-electron chi connectivity index (χ3n) is 4.16. The van der Waals surface area contributed by atoms with Crippen molar-refractivity contribution in [1.82, 2.24) is 0 Å². The van der Waals surface area contributed by atoms with Crippen molar-refractivity contribution in [3.05, 3.63) is 46.9 Å². The highest BCUT2D eigenvalue weighted by Crippen LogP contribution is 2.28. The summed E-state index contributed by atoms with van der Waals surface area (Å²) in [6, 6.07) is 3.87. The minimum Gasteiger partial charge on any atom is -0.207 e. The molecule has 0 unspecified atom stereocenters. The number of aryl methyl sites for hydroxylation is 3. The first-order valence-corrected chi connectivity index (χ1v) is 11.5. The first-order chi connectivity index (χ1) is 12.1. The number of halogens is 4. The lowest BCUT2D eigenvalue weighted by atomic mass is 9.99. The Bertz CT molecular complexity index is 887. The van der Waals surface area contributed by atoms with E-state index in [1.807, 2.05) is 30.8 Å². The summed E-state index contributed by atoms with van der Waals surface area (Å²) in [6.07, 6.45) is -6.95. The monoisotopic (exact) mass is 372 g/mol. The van der Waals surface area contributed by atoms with Gasteiger partial charge in [0.2, 0.25) is 5.69 Å². The van der Waals surface area contributed by atoms with Gasteiger partial charge >= 0.3 is 6.18 Å². The Morgan fingerprint density at radius 1 is 1.08 bits per heavy atom. The fraction of sp³-hybridized carbons (Fsp3) is 0.421. The number of nitrogens with zero attached hydrogens (tertiary/aromatic N) is 1. The smallest absolute Gasteiger partial charge is 0.207 e. The van der Waals surface area contributed by atoms with Crippen LogP contribution in [0.5, 0.6) is 0 Å². The van der Waals surface area contributed by atoms with E-state index in [9.17, 15) is 17.6 Å². The molecule has 0 radical (unpaired) electrons. The number of rotatable bonds is 3. The molecule has 1 nitrogen and oxygen atoms in total. The number of pyridine rings is 1. The topological polar surface area (TPSA) is 3.88 Å². The Balaban J connectivity index is 2.66. The number of alkyl halides is 3. The second-order valence-corrected chi connectivity index (χ2v) is 12.4. The average molecular weight is 372 g/mol. The summed E-state index contributed by atoms with van der Waals surface area (Å²) in [5.41, 5.74) is 1.56. The van der Waals surface area contributed by atoms with Crippen LogP contribution in [0, 0.1) is 19.7 Å². The first kappa shape index (κ1) is 16.8. The van der Waals surface area contributed by atoms with E-state index in [1.165, 1.54) is 5.19 Å². The van der Waals surface area contributed by atoms with Crippen molar-refractivity contribution in [2.75, 3.05) is 0 Å². The van der Waals surface area contributed by atoms with E-state index in [2.05, 4.69) is 19.6 Å². The van der Waals surface area contributed by atoms with Crippen LogP contribution in [-0.2, 0) is 13.4 Å². The van der Waals surface area contributed by atoms with Gasteiger partial charge in [-0.15, -0.1) is 0 Å². The molecule has 0 saturated heterocycles. The van der Waals surface area contributed by atoms with Gasteiger partial charge in [-0.05, 0) is 36.6 Å². The minimum atomic E-state index is -5.19. The van der Waals surface area contributed by atoms with Gasteiger partial charge in [0.25, 0.3) is 0 Å². The largest absolute Gasteiger partial charge is 0.393 e. The molecular formula is C19H24F4NSi+. The molecule has 0 spiro atoms. The lowest BCUT2D eigenvalue weighted by molar-refractivity contribution is -0.659.